The Morgan fingerprint density at radius 3 is 2.55 bits per heavy atom. The van der Waals surface area contributed by atoms with Crippen LogP contribution in [-0.2, 0) is 13.6 Å². The Balaban J connectivity index is 2.05. The van der Waals surface area contributed by atoms with Crippen molar-refractivity contribution in [2.24, 2.45) is 17.8 Å². The molecule has 0 spiro atoms. The van der Waals surface area contributed by atoms with E-state index < -0.39 is 0 Å². The highest BCUT2D eigenvalue weighted by atomic mass is 127. The second-order valence-corrected chi connectivity index (χ2v) is 5.96. The molecule has 0 radical (unpaired) electrons. The van der Waals surface area contributed by atoms with Crippen LogP contribution in [0.5, 0.6) is 0 Å². The predicted octanol–water partition coefficient (Wildman–Crippen LogP) is 2.57. The highest BCUT2D eigenvalue weighted by molar-refractivity contribution is 14.1. The van der Waals surface area contributed by atoms with E-state index in [2.05, 4.69) is 57.9 Å². The first-order valence-corrected chi connectivity index (χ1v) is 7.35. The number of anilines is 1. The summed E-state index contributed by atoms with van der Waals surface area (Å²) >= 11 is 2.25. The summed E-state index contributed by atoms with van der Waals surface area (Å²) in [5, 5.41) is 7.45. The SMILES string of the molecule is Cc1cc(C)cc(NC(N)=NCc2nn(C)cc2I)c1. The highest BCUT2D eigenvalue weighted by Gasteiger charge is 2.04. The molecule has 20 heavy (non-hydrogen) atoms. The first kappa shape index (κ1) is 14.8. The van der Waals surface area contributed by atoms with Crippen LogP contribution in [0.15, 0.2) is 29.4 Å². The van der Waals surface area contributed by atoms with E-state index in [9.17, 15) is 0 Å². The van der Waals surface area contributed by atoms with Gasteiger partial charge >= 0.3 is 0 Å². The third-order valence-corrected chi connectivity index (χ3v) is 3.65. The van der Waals surface area contributed by atoms with Crippen LogP contribution < -0.4 is 11.1 Å². The van der Waals surface area contributed by atoms with E-state index in [1.165, 1.54) is 11.1 Å². The normalized spacial score (nSPS) is 11.7. The summed E-state index contributed by atoms with van der Waals surface area (Å²) in [5.41, 5.74) is 10.2. The van der Waals surface area contributed by atoms with Crippen LogP contribution in [0.4, 0.5) is 5.69 Å². The molecule has 0 amide bonds. The highest BCUT2D eigenvalue weighted by Crippen LogP contribution is 2.14. The van der Waals surface area contributed by atoms with Gasteiger partial charge in [-0.25, -0.2) is 4.99 Å². The Morgan fingerprint density at radius 2 is 2.00 bits per heavy atom. The molecule has 2 rings (SSSR count). The maximum Gasteiger partial charge on any atom is 0.193 e. The van der Waals surface area contributed by atoms with Gasteiger partial charge in [-0.2, -0.15) is 5.10 Å². The lowest BCUT2D eigenvalue weighted by Gasteiger charge is -2.07. The van der Waals surface area contributed by atoms with E-state index in [0.29, 0.717) is 12.5 Å². The molecular weight excluding hydrogens is 365 g/mol. The van der Waals surface area contributed by atoms with Crippen molar-refractivity contribution in [2.45, 2.75) is 20.4 Å². The van der Waals surface area contributed by atoms with Crippen LogP contribution in [0.3, 0.4) is 0 Å². The standard InChI is InChI=1S/C14H18IN5/c1-9-4-10(2)6-11(5-9)18-14(16)17-7-13-12(15)8-20(3)19-13/h4-6,8H,7H2,1-3H3,(H3,16,17,18). The van der Waals surface area contributed by atoms with E-state index in [0.717, 1.165) is 15.0 Å². The summed E-state index contributed by atoms with van der Waals surface area (Å²) in [6, 6.07) is 6.20. The van der Waals surface area contributed by atoms with Crippen molar-refractivity contribution in [1.82, 2.24) is 9.78 Å². The molecule has 0 unspecified atom stereocenters. The summed E-state index contributed by atoms with van der Waals surface area (Å²) in [4.78, 5) is 4.33. The molecular formula is C14H18IN5. The zero-order chi connectivity index (χ0) is 14.7. The molecule has 106 valence electrons. The van der Waals surface area contributed by atoms with Crippen LogP contribution in [0.1, 0.15) is 16.8 Å². The number of nitrogens with zero attached hydrogens (tertiary/aromatic N) is 3. The Hall–Kier alpha value is -1.57. The zero-order valence-corrected chi connectivity index (χ0v) is 14.0. The molecule has 0 saturated carbocycles. The molecule has 3 N–H and O–H groups in total. The first-order chi connectivity index (χ1) is 9.44. The van der Waals surface area contributed by atoms with Crippen LogP contribution in [0.2, 0.25) is 0 Å². The molecule has 0 aliphatic carbocycles. The van der Waals surface area contributed by atoms with Crippen LogP contribution in [0.25, 0.3) is 0 Å². The molecule has 1 heterocycles. The fourth-order valence-corrected chi connectivity index (χ4v) is 2.69. The quantitative estimate of drug-likeness (QED) is 0.486. The predicted molar refractivity (Wildman–Crippen MR) is 90.8 cm³/mol. The Morgan fingerprint density at radius 1 is 1.35 bits per heavy atom. The molecule has 6 heteroatoms. The van der Waals surface area contributed by atoms with Crippen molar-refractivity contribution in [3.05, 3.63) is 44.8 Å². The summed E-state index contributed by atoms with van der Waals surface area (Å²) in [6.07, 6.45) is 1.96. The Kier molecular flexibility index (Phi) is 4.64. The second kappa shape index (κ2) is 6.25. The topological polar surface area (TPSA) is 68.2 Å². The molecule has 1 aromatic heterocycles. The Labute approximate surface area is 132 Å². The molecule has 0 bridgehead atoms. The zero-order valence-electron chi connectivity index (χ0n) is 11.8. The summed E-state index contributed by atoms with van der Waals surface area (Å²) in [5.74, 6) is 0.399. The van der Waals surface area contributed by atoms with Crippen LogP contribution in [-0.4, -0.2) is 15.7 Å². The maximum absolute atomic E-state index is 5.91. The number of aromatic nitrogens is 2. The molecule has 0 aliphatic rings. The van der Waals surface area contributed by atoms with Crippen molar-refractivity contribution in [1.29, 1.82) is 0 Å². The smallest absolute Gasteiger partial charge is 0.193 e. The molecule has 1 aromatic carbocycles. The summed E-state index contributed by atoms with van der Waals surface area (Å²) in [7, 11) is 1.90. The number of benzene rings is 1. The fraction of sp³-hybridized carbons (Fsp3) is 0.286. The largest absolute Gasteiger partial charge is 0.370 e. The van der Waals surface area contributed by atoms with Gasteiger partial charge in [0.2, 0.25) is 0 Å². The van der Waals surface area contributed by atoms with Gasteiger partial charge in [-0.15, -0.1) is 0 Å². The monoisotopic (exact) mass is 383 g/mol. The van der Waals surface area contributed by atoms with E-state index in [4.69, 9.17) is 5.73 Å². The van der Waals surface area contributed by atoms with Crippen molar-refractivity contribution < 1.29 is 0 Å². The van der Waals surface area contributed by atoms with E-state index in [1.807, 2.05) is 25.4 Å². The average molecular weight is 383 g/mol. The van der Waals surface area contributed by atoms with Crippen molar-refractivity contribution in [3.8, 4) is 0 Å². The minimum atomic E-state index is 0.399. The third kappa shape index (κ3) is 3.96. The number of halogens is 1. The average Bonchev–Trinajstić information content (AvgIpc) is 2.64. The van der Waals surface area contributed by atoms with E-state index >= 15 is 0 Å². The van der Waals surface area contributed by atoms with Gasteiger partial charge in [0, 0.05) is 18.9 Å². The van der Waals surface area contributed by atoms with Gasteiger partial charge < -0.3 is 11.1 Å². The molecule has 0 fully saturated rings. The van der Waals surface area contributed by atoms with Gasteiger partial charge in [0.25, 0.3) is 0 Å². The van der Waals surface area contributed by atoms with Gasteiger partial charge in [-0.1, -0.05) is 6.07 Å². The van der Waals surface area contributed by atoms with Gasteiger partial charge in [-0.05, 0) is 59.7 Å². The number of aryl methyl sites for hydroxylation is 3. The van der Waals surface area contributed by atoms with Crippen molar-refractivity contribution >= 4 is 34.2 Å². The van der Waals surface area contributed by atoms with Crippen molar-refractivity contribution in [3.63, 3.8) is 0 Å². The second-order valence-electron chi connectivity index (χ2n) is 4.80. The van der Waals surface area contributed by atoms with E-state index in [1.54, 1.807) is 4.68 Å². The van der Waals surface area contributed by atoms with E-state index in [-0.39, 0.29) is 0 Å². The summed E-state index contributed by atoms with van der Waals surface area (Å²) < 4.78 is 2.87. The number of hydrogen-bond acceptors (Lipinski definition) is 2. The minimum Gasteiger partial charge on any atom is -0.370 e. The molecule has 2 aromatic rings. The Bertz CT molecular complexity index is 625. The third-order valence-electron chi connectivity index (χ3n) is 2.75. The molecule has 5 nitrogen and oxygen atoms in total. The number of rotatable bonds is 3. The lowest BCUT2D eigenvalue weighted by molar-refractivity contribution is 0.743. The lowest BCUT2D eigenvalue weighted by Crippen LogP contribution is -2.22. The maximum atomic E-state index is 5.91. The van der Waals surface area contributed by atoms with Gasteiger partial charge in [0.1, 0.15) is 0 Å². The van der Waals surface area contributed by atoms with Gasteiger partial charge in [-0.3, -0.25) is 4.68 Å². The van der Waals surface area contributed by atoms with Gasteiger partial charge in [0.15, 0.2) is 5.96 Å². The molecule has 0 saturated heterocycles. The number of nitrogens with one attached hydrogen (secondary N) is 1. The fourth-order valence-electron chi connectivity index (χ4n) is 2.01. The van der Waals surface area contributed by atoms with Gasteiger partial charge in [0.05, 0.1) is 15.8 Å². The molecule has 0 aliphatic heterocycles. The number of aliphatic imine (C=N–C) groups is 1. The van der Waals surface area contributed by atoms with Crippen molar-refractivity contribution in [2.75, 3.05) is 5.32 Å². The summed E-state index contributed by atoms with van der Waals surface area (Å²) in [6.45, 7) is 4.59. The first-order valence-electron chi connectivity index (χ1n) is 6.27. The molecule has 0 atom stereocenters. The number of hydrogen-bond donors (Lipinski definition) is 2. The number of guanidine groups is 1. The lowest BCUT2D eigenvalue weighted by atomic mass is 10.1. The van der Waals surface area contributed by atoms with Crippen LogP contribution in [0, 0.1) is 17.4 Å². The minimum absolute atomic E-state index is 0.399. The van der Waals surface area contributed by atoms with Crippen LogP contribution >= 0.6 is 22.6 Å². The number of nitrogens with two attached hydrogens (primary N) is 1.